The van der Waals surface area contributed by atoms with E-state index in [1.807, 2.05) is 11.4 Å². The molecule has 2 aromatic heterocycles. The van der Waals surface area contributed by atoms with Crippen LogP contribution in [0.25, 0.3) is 22.4 Å². The highest BCUT2D eigenvalue weighted by atomic mass is 32.2. The SMILES string of the molecule is CN(C)S(=O)(=O)NCc1nc(-c2ccc3[nH]c(=O)oc3c2)cs1. The van der Waals surface area contributed by atoms with Crippen LogP contribution in [-0.4, -0.2) is 36.8 Å². The van der Waals surface area contributed by atoms with Crippen molar-refractivity contribution in [3.8, 4) is 11.3 Å². The van der Waals surface area contributed by atoms with Crippen molar-refractivity contribution in [2.24, 2.45) is 0 Å². The smallest absolute Gasteiger partial charge is 0.408 e. The molecule has 3 aromatic rings. The average molecular weight is 354 g/mol. The molecular formula is C13H14N4O4S2. The molecular weight excluding hydrogens is 340 g/mol. The first-order valence-electron chi connectivity index (χ1n) is 6.60. The van der Waals surface area contributed by atoms with Crippen molar-refractivity contribution in [1.82, 2.24) is 19.0 Å². The van der Waals surface area contributed by atoms with Crippen LogP contribution >= 0.6 is 11.3 Å². The summed E-state index contributed by atoms with van der Waals surface area (Å²) in [5, 5.41) is 2.46. The Morgan fingerprint density at radius 3 is 2.91 bits per heavy atom. The molecule has 0 amide bonds. The molecule has 23 heavy (non-hydrogen) atoms. The number of fused-ring (bicyclic) bond motifs is 1. The maximum absolute atomic E-state index is 11.7. The van der Waals surface area contributed by atoms with E-state index >= 15 is 0 Å². The molecule has 0 bridgehead atoms. The third-order valence-electron chi connectivity index (χ3n) is 3.16. The van der Waals surface area contributed by atoms with Crippen LogP contribution in [0.15, 0.2) is 32.8 Å². The number of H-pyrrole nitrogens is 1. The van der Waals surface area contributed by atoms with Crippen molar-refractivity contribution in [2.45, 2.75) is 6.54 Å². The summed E-state index contributed by atoms with van der Waals surface area (Å²) in [6.45, 7) is 0.118. The van der Waals surface area contributed by atoms with Gasteiger partial charge in [0.15, 0.2) is 5.58 Å². The van der Waals surface area contributed by atoms with Crippen LogP contribution in [0.2, 0.25) is 0 Å². The molecule has 2 heterocycles. The molecule has 0 unspecified atom stereocenters. The summed E-state index contributed by atoms with van der Waals surface area (Å²) in [5.74, 6) is -0.505. The van der Waals surface area contributed by atoms with Crippen molar-refractivity contribution in [1.29, 1.82) is 0 Å². The first-order valence-corrected chi connectivity index (χ1v) is 8.92. The van der Waals surface area contributed by atoms with Crippen LogP contribution in [0.3, 0.4) is 0 Å². The number of rotatable bonds is 5. The third-order valence-corrected chi connectivity index (χ3v) is 5.47. The predicted molar refractivity (Wildman–Crippen MR) is 87.4 cm³/mol. The monoisotopic (exact) mass is 354 g/mol. The van der Waals surface area contributed by atoms with Crippen molar-refractivity contribution < 1.29 is 12.8 Å². The molecule has 122 valence electrons. The van der Waals surface area contributed by atoms with E-state index in [-0.39, 0.29) is 6.54 Å². The van der Waals surface area contributed by atoms with E-state index in [4.69, 9.17) is 4.42 Å². The molecule has 10 heteroatoms. The summed E-state index contributed by atoms with van der Waals surface area (Å²) in [5.41, 5.74) is 2.56. The summed E-state index contributed by atoms with van der Waals surface area (Å²) in [7, 11) is -0.574. The molecule has 0 spiro atoms. The highest BCUT2D eigenvalue weighted by molar-refractivity contribution is 7.87. The lowest BCUT2D eigenvalue weighted by molar-refractivity contribution is 0.505. The van der Waals surface area contributed by atoms with Crippen LogP contribution in [-0.2, 0) is 16.8 Å². The fourth-order valence-electron chi connectivity index (χ4n) is 1.91. The van der Waals surface area contributed by atoms with Crippen LogP contribution in [0.5, 0.6) is 0 Å². The van der Waals surface area contributed by atoms with Crippen molar-refractivity contribution >= 4 is 32.6 Å². The van der Waals surface area contributed by atoms with E-state index in [1.165, 1.54) is 25.4 Å². The number of nitrogens with zero attached hydrogens (tertiary/aromatic N) is 2. The Labute approximate surface area is 136 Å². The van der Waals surface area contributed by atoms with Crippen LogP contribution in [0, 0.1) is 0 Å². The second kappa shape index (κ2) is 5.89. The zero-order valence-electron chi connectivity index (χ0n) is 12.4. The maximum Gasteiger partial charge on any atom is 0.417 e. The van der Waals surface area contributed by atoms with Gasteiger partial charge in [-0.3, -0.25) is 4.98 Å². The Balaban J connectivity index is 1.81. The molecule has 0 radical (unpaired) electrons. The summed E-state index contributed by atoms with van der Waals surface area (Å²) < 4.78 is 31.9. The van der Waals surface area contributed by atoms with Gasteiger partial charge in [0.05, 0.1) is 17.8 Å². The second-order valence-electron chi connectivity index (χ2n) is 4.96. The lowest BCUT2D eigenvalue weighted by atomic mass is 10.1. The normalized spacial score (nSPS) is 12.3. The Bertz CT molecular complexity index is 1000. The van der Waals surface area contributed by atoms with Crippen LogP contribution < -0.4 is 10.5 Å². The lowest BCUT2D eigenvalue weighted by Crippen LogP contribution is -2.35. The van der Waals surface area contributed by atoms with Gasteiger partial charge in [0.25, 0.3) is 10.2 Å². The first-order chi connectivity index (χ1) is 10.8. The minimum Gasteiger partial charge on any atom is -0.408 e. The van der Waals surface area contributed by atoms with Gasteiger partial charge in [-0.25, -0.2) is 9.78 Å². The van der Waals surface area contributed by atoms with Crippen LogP contribution in [0.1, 0.15) is 5.01 Å². The van der Waals surface area contributed by atoms with Crippen molar-refractivity contribution in [3.05, 3.63) is 39.1 Å². The van der Waals surface area contributed by atoms with Gasteiger partial charge in [0.1, 0.15) is 5.01 Å². The minimum atomic E-state index is -3.48. The Hall–Kier alpha value is -2.01. The molecule has 8 nitrogen and oxygen atoms in total. The molecule has 0 saturated carbocycles. The predicted octanol–water partition coefficient (Wildman–Crippen LogP) is 1.14. The van der Waals surface area contributed by atoms with E-state index < -0.39 is 16.0 Å². The topological polar surface area (TPSA) is 108 Å². The Morgan fingerprint density at radius 1 is 1.39 bits per heavy atom. The van der Waals surface area contributed by atoms with Gasteiger partial charge in [-0.1, -0.05) is 6.07 Å². The summed E-state index contributed by atoms with van der Waals surface area (Å²) in [6, 6.07) is 5.27. The zero-order chi connectivity index (χ0) is 16.6. The molecule has 0 aliphatic carbocycles. The zero-order valence-corrected chi connectivity index (χ0v) is 14.0. The minimum absolute atomic E-state index is 0.118. The van der Waals surface area contributed by atoms with Crippen molar-refractivity contribution in [3.63, 3.8) is 0 Å². The quantitative estimate of drug-likeness (QED) is 0.714. The van der Waals surface area contributed by atoms with Gasteiger partial charge >= 0.3 is 5.76 Å². The van der Waals surface area contributed by atoms with Crippen LogP contribution in [0.4, 0.5) is 0 Å². The lowest BCUT2D eigenvalue weighted by Gasteiger charge is -2.10. The fourth-order valence-corrected chi connectivity index (χ4v) is 3.32. The summed E-state index contributed by atoms with van der Waals surface area (Å²) in [6.07, 6.45) is 0. The molecule has 3 rings (SSSR count). The fraction of sp³-hybridized carbons (Fsp3) is 0.231. The molecule has 0 aliphatic heterocycles. The first kappa shape index (κ1) is 15.9. The standard InChI is InChI=1S/C13H14N4O4S2/c1-17(2)23(19,20)14-6-12-15-10(7-22-12)8-3-4-9-11(5-8)21-13(18)16-9/h3-5,7,14H,6H2,1-2H3,(H,16,18). The van der Waals surface area contributed by atoms with E-state index in [0.717, 1.165) is 9.87 Å². The van der Waals surface area contributed by atoms with Gasteiger partial charge in [-0.2, -0.15) is 17.4 Å². The second-order valence-corrected chi connectivity index (χ2v) is 7.87. The van der Waals surface area contributed by atoms with Gasteiger partial charge < -0.3 is 4.42 Å². The van der Waals surface area contributed by atoms with Gasteiger partial charge in [-0.05, 0) is 12.1 Å². The van der Waals surface area contributed by atoms with Crippen molar-refractivity contribution in [2.75, 3.05) is 14.1 Å². The number of nitrogens with one attached hydrogen (secondary N) is 2. The Kier molecular flexibility index (Phi) is 4.06. The summed E-state index contributed by atoms with van der Waals surface area (Å²) in [4.78, 5) is 18.1. The number of aromatic amines is 1. The molecule has 0 aliphatic rings. The van der Waals surface area contributed by atoms with E-state index in [9.17, 15) is 13.2 Å². The van der Waals surface area contributed by atoms with Gasteiger partial charge in [0.2, 0.25) is 0 Å². The van der Waals surface area contributed by atoms with Gasteiger partial charge in [0, 0.05) is 25.0 Å². The Morgan fingerprint density at radius 2 is 2.17 bits per heavy atom. The van der Waals surface area contributed by atoms with E-state index in [0.29, 0.717) is 21.8 Å². The summed E-state index contributed by atoms with van der Waals surface area (Å²) >= 11 is 1.35. The molecule has 2 N–H and O–H groups in total. The number of hydrogen-bond donors (Lipinski definition) is 2. The largest absolute Gasteiger partial charge is 0.417 e. The number of oxazole rings is 1. The number of benzene rings is 1. The highest BCUT2D eigenvalue weighted by Gasteiger charge is 2.14. The average Bonchev–Trinajstić information content (AvgIpc) is 3.09. The molecule has 0 atom stereocenters. The molecule has 0 saturated heterocycles. The highest BCUT2D eigenvalue weighted by Crippen LogP contribution is 2.24. The molecule has 1 aromatic carbocycles. The maximum atomic E-state index is 11.7. The van der Waals surface area contributed by atoms with E-state index in [2.05, 4.69) is 14.7 Å². The number of hydrogen-bond acceptors (Lipinski definition) is 6. The number of thiazole rings is 1. The van der Waals surface area contributed by atoms with E-state index in [1.54, 1.807) is 12.1 Å². The molecule has 0 fully saturated rings. The third kappa shape index (κ3) is 3.34. The number of aromatic nitrogens is 2. The van der Waals surface area contributed by atoms with Gasteiger partial charge in [-0.15, -0.1) is 11.3 Å².